The van der Waals surface area contributed by atoms with Crippen LogP contribution in [0.1, 0.15) is 10.5 Å². The van der Waals surface area contributed by atoms with E-state index in [4.69, 9.17) is 0 Å². The van der Waals surface area contributed by atoms with E-state index in [1.807, 2.05) is 0 Å². The van der Waals surface area contributed by atoms with E-state index >= 15 is 0 Å². The average Bonchev–Trinajstić information content (AvgIpc) is 2.09. The Labute approximate surface area is 51.3 Å². The maximum Gasteiger partial charge on any atom is 0.363 e. The summed E-state index contributed by atoms with van der Waals surface area (Å²) in [4.78, 5) is 14.4. The summed E-state index contributed by atoms with van der Waals surface area (Å²) < 4.78 is 4.64. The first kappa shape index (κ1) is 4.49. The molecule has 0 saturated carbocycles. The highest BCUT2D eigenvalue weighted by atomic mass is 16.5. The smallest absolute Gasteiger partial charge is 0.363 e. The van der Waals surface area contributed by atoms with Crippen molar-refractivity contribution in [1.82, 2.24) is 4.98 Å². The van der Waals surface area contributed by atoms with Crippen LogP contribution in [0, 0.1) is 0 Å². The second-order valence-corrected chi connectivity index (χ2v) is 1.75. The van der Waals surface area contributed by atoms with Gasteiger partial charge in [0, 0.05) is 6.07 Å². The third-order valence-electron chi connectivity index (χ3n) is 1.13. The Morgan fingerprint density at radius 3 is 3.00 bits per heavy atom. The molecule has 1 aromatic heterocycles. The fraction of sp³-hybridized carbons (Fsp3) is 0. The van der Waals surface area contributed by atoms with Crippen LogP contribution in [0.4, 0.5) is 0 Å². The summed E-state index contributed by atoms with van der Waals surface area (Å²) in [6, 6.07) is 5.01. The molecule has 3 heteroatoms. The van der Waals surface area contributed by atoms with Gasteiger partial charge in [0.25, 0.3) is 0 Å². The zero-order valence-electron chi connectivity index (χ0n) is 4.50. The van der Waals surface area contributed by atoms with Crippen LogP contribution in [0.25, 0.3) is 0 Å². The van der Waals surface area contributed by atoms with Crippen LogP contribution >= 0.6 is 0 Å². The molecule has 0 amide bonds. The van der Waals surface area contributed by atoms with Crippen molar-refractivity contribution < 1.29 is 9.53 Å². The van der Waals surface area contributed by atoms with Crippen molar-refractivity contribution in [2.75, 3.05) is 0 Å². The van der Waals surface area contributed by atoms with Gasteiger partial charge >= 0.3 is 5.97 Å². The maximum absolute atomic E-state index is 10.6. The molecule has 0 atom stereocenters. The van der Waals surface area contributed by atoms with Crippen LogP contribution in [0.2, 0.25) is 0 Å². The molecule has 1 aliphatic rings. The minimum absolute atomic E-state index is 0.352. The standard InChI is InChI=1S/C6H3NO2/c8-6-4-2-1-3-5(7-4)9-6/h1-3H. The van der Waals surface area contributed by atoms with Crippen LogP contribution < -0.4 is 4.74 Å². The van der Waals surface area contributed by atoms with Crippen molar-refractivity contribution in [3.05, 3.63) is 23.9 Å². The number of fused-ring (bicyclic) bond motifs is 2. The lowest BCUT2D eigenvalue weighted by molar-refractivity contribution is 0.0755. The third kappa shape index (κ3) is 0.512. The van der Waals surface area contributed by atoms with Gasteiger partial charge in [-0.2, -0.15) is 0 Å². The number of nitrogens with zero attached hydrogens (tertiary/aromatic N) is 1. The van der Waals surface area contributed by atoms with Crippen molar-refractivity contribution in [3.63, 3.8) is 0 Å². The zero-order chi connectivity index (χ0) is 6.27. The Morgan fingerprint density at radius 2 is 2.33 bits per heavy atom. The van der Waals surface area contributed by atoms with Crippen molar-refractivity contribution in [2.45, 2.75) is 0 Å². The van der Waals surface area contributed by atoms with Gasteiger partial charge in [-0.25, -0.2) is 9.78 Å². The van der Waals surface area contributed by atoms with E-state index in [9.17, 15) is 4.79 Å². The van der Waals surface area contributed by atoms with Crippen LogP contribution in [-0.2, 0) is 0 Å². The highest BCUT2D eigenvalue weighted by Crippen LogP contribution is 2.15. The molecule has 0 saturated heterocycles. The lowest BCUT2D eigenvalue weighted by Gasteiger charge is -1.82. The normalized spacial score (nSPS) is 13.6. The molecule has 2 rings (SSSR count). The summed E-state index contributed by atoms with van der Waals surface area (Å²) in [5, 5.41) is 0. The van der Waals surface area contributed by atoms with Crippen molar-refractivity contribution in [3.8, 4) is 5.88 Å². The minimum Gasteiger partial charge on any atom is -0.403 e. The Balaban J connectivity index is 2.69. The molecule has 0 unspecified atom stereocenters. The number of carbonyl (C=O) groups is 1. The molecule has 2 heterocycles. The van der Waals surface area contributed by atoms with E-state index in [1.54, 1.807) is 18.2 Å². The fourth-order valence-corrected chi connectivity index (χ4v) is 0.733. The zero-order valence-corrected chi connectivity index (χ0v) is 4.50. The lowest BCUT2D eigenvalue weighted by Crippen LogP contribution is -1.99. The van der Waals surface area contributed by atoms with Gasteiger partial charge in [0.1, 0.15) is 0 Å². The van der Waals surface area contributed by atoms with Gasteiger partial charge in [-0.1, -0.05) is 6.07 Å². The monoisotopic (exact) mass is 121 g/mol. The third-order valence-corrected chi connectivity index (χ3v) is 1.13. The number of pyridine rings is 1. The number of rotatable bonds is 0. The highest BCUT2D eigenvalue weighted by molar-refractivity contribution is 5.91. The first-order valence-electron chi connectivity index (χ1n) is 2.55. The average molecular weight is 121 g/mol. The number of hydrogen-bond acceptors (Lipinski definition) is 3. The van der Waals surface area contributed by atoms with E-state index in [2.05, 4.69) is 9.72 Å². The predicted octanol–water partition coefficient (Wildman–Crippen LogP) is 0.614. The van der Waals surface area contributed by atoms with E-state index in [0.29, 0.717) is 11.6 Å². The van der Waals surface area contributed by atoms with Gasteiger partial charge in [0.05, 0.1) is 0 Å². The second-order valence-electron chi connectivity index (χ2n) is 1.75. The lowest BCUT2D eigenvalue weighted by atomic mass is 10.4. The number of hydrogen-bond donors (Lipinski definition) is 0. The molecule has 0 spiro atoms. The number of ether oxygens (including phenoxy) is 1. The molecule has 1 aromatic rings. The molecular formula is C6H3NO2. The van der Waals surface area contributed by atoms with Gasteiger partial charge in [-0.3, -0.25) is 0 Å². The number of carbonyl (C=O) groups excluding carboxylic acids is 1. The highest BCUT2D eigenvalue weighted by Gasteiger charge is 2.17. The summed E-state index contributed by atoms with van der Waals surface area (Å²) in [6.45, 7) is 0. The number of aromatic nitrogens is 1. The molecule has 2 bridgehead atoms. The Bertz CT molecular complexity index is 270. The molecule has 1 aliphatic heterocycles. The van der Waals surface area contributed by atoms with Crippen LogP contribution in [0.5, 0.6) is 5.88 Å². The second kappa shape index (κ2) is 1.31. The van der Waals surface area contributed by atoms with Gasteiger partial charge < -0.3 is 4.74 Å². The molecule has 3 nitrogen and oxygen atoms in total. The summed E-state index contributed by atoms with van der Waals surface area (Å²) in [6.07, 6.45) is 0. The van der Waals surface area contributed by atoms with Gasteiger partial charge in [0.2, 0.25) is 5.88 Å². The van der Waals surface area contributed by atoms with Crippen LogP contribution in [0.15, 0.2) is 18.2 Å². The van der Waals surface area contributed by atoms with Crippen molar-refractivity contribution >= 4 is 5.97 Å². The first-order valence-corrected chi connectivity index (χ1v) is 2.55. The summed E-state index contributed by atoms with van der Waals surface area (Å²) >= 11 is 0. The quantitative estimate of drug-likeness (QED) is 0.472. The molecule has 0 aromatic carbocycles. The SMILES string of the molecule is O=C1Oc2cccc1n2. The summed E-state index contributed by atoms with van der Waals surface area (Å²) in [5.74, 6) is 0.0486. The molecule has 9 heavy (non-hydrogen) atoms. The maximum atomic E-state index is 10.6. The van der Waals surface area contributed by atoms with E-state index in [-0.39, 0.29) is 5.97 Å². The topological polar surface area (TPSA) is 39.2 Å². The fourth-order valence-electron chi connectivity index (χ4n) is 0.733. The van der Waals surface area contributed by atoms with E-state index in [0.717, 1.165) is 0 Å². The molecule has 44 valence electrons. The molecule has 0 radical (unpaired) electrons. The van der Waals surface area contributed by atoms with Crippen LogP contribution in [0.3, 0.4) is 0 Å². The van der Waals surface area contributed by atoms with E-state index < -0.39 is 0 Å². The summed E-state index contributed by atoms with van der Waals surface area (Å²) in [5.41, 5.74) is 0.396. The van der Waals surface area contributed by atoms with Gasteiger partial charge in [-0.15, -0.1) is 0 Å². The molecule has 0 fully saturated rings. The predicted molar refractivity (Wildman–Crippen MR) is 29.2 cm³/mol. The van der Waals surface area contributed by atoms with Crippen molar-refractivity contribution in [2.24, 2.45) is 0 Å². The number of esters is 1. The van der Waals surface area contributed by atoms with Gasteiger partial charge in [-0.05, 0) is 6.07 Å². The van der Waals surface area contributed by atoms with Crippen molar-refractivity contribution in [1.29, 1.82) is 0 Å². The minimum atomic E-state index is -0.352. The first-order chi connectivity index (χ1) is 4.36. The Morgan fingerprint density at radius 1 is 1.44 bits per heavy atom. The largest absolute Gasteiger partial charge is 0.403 e. The summed E-state index contributed by atoms with van der Waals surface area (Å²) in [7, 11) is 0. The van der Waals surface area contributed by atoms with E-state index in [1.165, 1.54) is 0 Å². The molecule has 0 aliphatic carbocycles. The van der Waals surface area contributed by atoms with Crippen LogP contribution in [-0.4, -0.2) is 11.0 Å². The molecular weight excluding hydrogens is 118 g/mol. The molecule has 0 N–H and O–H groups in total. The Kier molecular flexibility index (Phi) is 0.656. The Hall–Kier alpha value is -1.38. The van der Waals surface area contributed by atoms with Gasteiger partial charge in [0.15, 0.2) is 5.69 Å².